The second kappa shape index (κ2) is 7.45. The summed E-state index contributed by atoms with van der Waals surface area (Å²) in [6.07, 6.45) is 1.73. The van der Waals surface area contributed by atoms with Gasteiger partial charge in [-0.15, -0.1) is 0 Å². The number of nitrogens with one attached hydrogen (secondary N) is 1. The van der Waals surface area contributed by atoms with Crippen molar-refractivity contribution in [2.45, 2.75) is 33.6 Å². The molecule has 2 N–H and O–H groups in total. The zero-order chi connectivity index (χ0) is 14.3. The van der Waals surface area contributed by atoms with Gasteiger partial charge in [-0.25, -0.2) is 0 Å². The van der Waals surface area contributed by atoms with Gasteiger partial charge in [0.2, 0.25) is 11.2 Å². The van der Waals surface area contributed by atoms with Crippen LogP contribution in [0.5, 0.6) is 6.01 Å². The van der Waals surface area contributed by atoms with Crippen molar-refractivity contribution in [2.24, 2.45) is 5.41 Å². The Bertz CT molecular complexity index is 391. The summed E-state index contributed by atoms with van der Waals surface area (Å²) in [6, 6.07) is 0.201. The summed E-state index contributed by atoms with van der Waals surface area (Å²) >= 11 is 5.81. The molecule has 6 nitrogen and oxygen atoms in total. The number of nitrogens with zero attached hydrogens (tertiary/aromatic N) is 3. The van der Waals surface area contributed by atoms with E-state index in [-0.39, 0.29) is 23.3 Å². The van der Waals surface area contributed by atoms with Gasteiger partial charge in [-0.3, -0.25) is 0 Å². The van der Waals surface area contributed by atoms with Gasteiger partial charge in [0, 0.05) is 12.0 Å². The van der Waals surface area contributed by atoms with Gasteiger partial charge in [0.25, 0.3) is 0 Å². The van der Waals surface area contributed by atoms with Crippen molar-refractivity contribution >= 4 is 17.5 Å². The number of anilines is 1. The van der Waals surface area contributed by atoms with Crippen LogP contribution in [0.3, 0.4) is 0 Å². The van der Waals surface area contributed by atoms with Gasteiger partial charge in [-0.2, -0.15) is 15.0 Å². The van der Waals surface area contributed by atoms with Gasteiger partial charge in [-0.1, -0.05) is 13.8 Å². The molecule has 0 spiro atoms. The lowest BCUT2D eigenvalue weighted by atomic mass is 9.83. The number of hydrogen-bond acceptors (Lipinski definition) is 6. The van der Waals surface area contributed by atoms with Crippen molar-refractivity contribution in [2.75, 3.05) is 25.1 Å². The molecule has 108 valence electrons. The fourth-order valence-corrected chi connectivity index (χ4v) is 1.80. The number of aliphatic hydroxyl groups is 1. The fourth-order valence-electron chi connectivity index (χ4n) is 1.65. The minimum Gasteiger partial charge on any atom is -0.464 e. The SMILES string of the molecule is CCOc1nc(Cl)nc(NCC(CC)(CC)CO)n1. The minimum atomic E-state index is -0.176. The molecular formula is C12H21ClN4O2. The molecule has 0 saturated carbocycles. The zero-order valence-electron chi connectivity index (χ0n) is 11.6. The van der Waals surface area contributed by atoms with Gasteiger partial charge in [-0.05, 0) is 31.4 Å². The van der Waals surface area contributed by atoms with Crippen LogP contribution in [0.2, 0.25) is 5.28 Å². The molecule has 1 aromatic rings. The summed E-state index contributed by atoms with van der Waals surface area (Å²) in [5, 5.41) is 12.7. The molecule has 0 unspecified atom stereocenters. The third-order valence-corrected chi connectivity index (χ3v) is 3.49. The van der Waals surface area contributed by atoms with Crippen molar-refractivity contribution < 1.29 is 9.84 Å². The standard InChI is InChI=1S/C12H21ClN4O2/c1-4-12(5-2,8-18)7-14-10-15-9(13)16-11(17-10)19-6-3/h18H,4-8H2,1-3H3,(H,14,15,16,17). The number of aromatic nitrogens is 3. The van der Waals surface area contributed by atoms with E-state index in [1.165, 1.54) is 0 Å². The number of halogens is 1. The molecule has 0 atom stereocenters. The van der Waals surface area contributed by atoms with Crippen molar-refractivity contribution in [1.82, 2.24) is 15.0 Å². The highest BCUT2D eigenvalue weighted by Crippen LogP contribution is 2.25. The Morgan fingerprint density at radius 2 is 1.89 bits per heavy atom. The Kier molecular flexibility index (Phi) is 6.24. The zero-order valence-corrected chi connectivity index (χ0v) is 12.4. The smallest absolute Gasteiger partial charge is 0.322 e. The van der Waals surface area contributed by atoms with E-state index in [0.29, 0.717) is 19.1 Å². The third kappa shape index (κ3) is 4.47. The average molecular weight is 289 g/mol. The maximum atomic E-state index is 9.50. The first-order chi connectivity index (χ1) is 9.09. The van der Waals surface area contributed by atoms with Crippen LogP contribution in [-0.4, -0.2) is 39.8 Å². The second-order valence-electron chi connectivity index (χ2n) is 4.36. The maximum Gasteiger partial charge on any atom is 0.322 e. The van der Waals surface area contributed by atoms with Gasteiger partial charge < -0.3 is 15.2 Å². The molecule has 1 heterocycles. The first-order valence-corrected chi connectivity index (χ1v) is 6.86. The highest BCUT2D eigenvalue weighted by Gasteiger charge is 2.25. The molecule has 0 radical (unpaired) electrons. The Balaban J connectivity index is 2.76. The summed E-state index contributed by atoms with van der Waals surface area (Å²) in [5.41, 5.74) is -0.176. The lowest BCUT2D eigenvalue weighted by Crippen LogP contribution is -2.32. The van der Waals surface area contributed by atoms with Crippen LogP contribution in [0, 0.1) is 5.41 Å². The Labute approximate surface area is 118 Å². The lowest BCUT2D eigenvalue weighted by Gasteiger charge is -2.29. The summed E-state index contributed by atoms with van der Waals surface area (Å²) < 4.78 is 5.20. The molecule has 0 aliphatic heterocycles. The fraction of sp³-hybridized carbons (Fsp3) is 0.750. The van der Waals surface area contributed by atoms with Gasteiger partial charge in [0.05, 0.1) is 13.2 Å². The maximum absolute atomic E-state index is 9.50. The largest absolute Gasteiger partial charge is 0.464 e. The van der Waals surface area contributed by atoms with Gasteiger partial charge in [0.1, 0.15) is 0 Å². The summed E-state index contributed by atoms with van der Waals surface area (Å²) in [7, 11) is 0. The molecule has 1 aromatic heterocycles. The predicted molar refractivity (Wildman–Crippen MR) is 74.6 cm³/mol. The van der Waals surface area contributed by atoms with Crippen molar-refractivity contribution in [3.05, 3.63) is 5.28 Å². The summed E-state index contributed by atoms with van der Waals surface area (Å²) in [6.45, 7) is 7.09. The van der Waals surface area contributed by atoms with Crippen LogP contribution in [0.1, 0.15) is 33.6 Å². The monoisotopic (exact) mass is 288 g/mol. The van der Waals surface area contributed by atoms with E-state index in [1.54, 1.807) is 0 Å². The minimum absolute atomic E-state index is 0.0866. The van der Waals surface area contributed by atoms with Crippen LogP contribution in [0.4, 0.5) is 5.95 Å². The molecular weight excluding hydrogens is 268 g/mol. The molecule has 0 amide bonds. The molecule has 0 fully saturated rings. The quantitative estimate of drug-likeness (QED) is 0.763. The molecule has 0 bridgehead atoms. The van der Waals surface area contributed by atoms with E-state index in [1.807, 2.05) is 20.8 Å². The van der Waals surface area contributed by atoms with Crippen molar-refractivity contribution in [3.63, 3.8) is 0 Å². The molecule has 0 aromatic carbocycles. The number of rotatable bonds is 8. The van der Waals surface area contributed by atoms with Crippen LogP contribution in [0.25, 0.3) is 0 Å². The van der Waals surface area contributed by atoms with E-state index in [0.717, 1.165) is 12.8 Å². The number of ether oxygens (including phenoxy) is 1. The highest BCUT2D eigenvalue weighted by molar-refractivity contribution is 6.28. The Morgan fingerprint density at radius 1 is 1.21 bits per heavy atom. The molecule has 19 heavy (non-hydrogen) atoms. The van der Waals surface area contributed by atoms with E-state index in [2.05, 4.69) is 20.3 Å². The number of aliphatic hydroxyl groups excluding tert-OH is 1. The third-order valence-electron chi connectivity index (χ3n) is 3.32. The van der Waals surface area contributed by atoms with E-state index in [4.69, 9.17) is 16.3 Å². The van der Waals surface area contributed by atoms with E-state index >= 15 is 0 Å². The topological polar surface area (TPSA) is 80.2 Å². The van der Waals surface area contributed by atoms with Crippen LogP contribution >= 0.6 is 11.6 Å². The average Bonchev–Trinajstić information content (AvgIpc) is 2.41. The van der Waals surface area contributed by atoms with Gasteiger partial charge >= 0.3 is 6.01 Å². The van der Waals surface area contributed by atoms with Gasteiger partial charge in [0.15, 0.2) is 0 Å². The van der Waals surface area contributed by atoms with Crippen LogP contribution in [-0.2, 0) is 0 Å². The molecule has 0 saturated heterocycles. The summed E-state index contributed by atoms with van der Waals surface area (Å²) in [4.78, 5) is 12.0. The first kappa shape index (κ1) is 15.9. The lowest BCUT2D eigenvalue weighted by molar-refractivity contribution is 0.127. The van der Waals surface area contributed by atoms with E-state index in [9.17, 15) is 5.11 Å². The molecule has 0 aliphatic carbocycles. The normalized spacial score (nSPS) is 11.4. The highest BCUT2D eigenvalue weighted by atomic mass is 35.5. The van der Waals surface area contributed by atoms with Crippen molar-refractivity contribution in [3.8, 4) is 6.01 Å². The summed E-state index contributed by atoms with van der Waals surface area (Å²) in [5.74, 6) is 0.364. The van der Waals surface area contributed by atoms with Crippen LogP contribution in [0.15, 0.2) is 0 Å². The van der Waals surface area contributed by atoms with Crippen molar-refractivity contribution in [1.29, 1.82) is 0 Å². The van der Waals surface area contributed by atoms with E-state index < -0.39 is 0 Å². The second-order valence-corrected chi connectivity index (χ2v) is 4.70. The first-order valence-electron chi connectivity index (χ1n) is 6.48. The molecule has 7 heteroatoms. The molecule has 0 aliphatic rings. The Hall–Kier alpha value is -1.14. The Morgan fingerprint density at radius 3 is 2.42 bits per heavy atom. The molecule has 1 rings (SSSR count). The number of hydrogen-bond donors (Lipinski definition) is 2. The predicted octanol–water partition coefficient (Wildman–Crippen LogP) is 2.13. The van der Waals surface area contributed by atoms with Crippen LogP contribution < -0.4 is 10.1 Å².